The highest BCUT2D eigenvalue weighted by molar-refractivity contribution is 7.80. The molecule has 2 amide bonds. The molecule has 172 valence electrons. The molecule has 1 aliphatic rings. The maximum atomic E-state index is 12.9. The van der Waals surface area contributed by atoms with Gasteiger partial charge in [-0.05, 0) is 36.8 Å². The van der Waals surface area contributed by atoms with Gasteiger partial charge in [-0.1, -0.05) is 24.9 Å². The van der Waals surface area contributed by atoms with Crippen molar-refractivity contribution in [3.63, 3.8) is 0 Å². The lowest BCUT2D eigenvalue weighted by Crippen LogP contribution is -2.60. The van der Waals surface area contributed by atoms with Crippen LogP contribution >= 0.6 is 35.2 Å². The number of fused-ring (bicyclic) bond motifs is 1. The van der Waals surface area contributed by atoms with Gasteiger partial charge in [-0.25, -0.2) is 0 Å². The van der Waals surface area contributed by atoms with Crippen molar-refractivity contribution in [2.45, 2.75) is 32.2 Å². The summed E-state index contributed by atoms with van der Waals surface area (Å²) in [4.78, 5) is 39.3. The maximum absolute atomic E-state index is 12.9. The van der Waals surface area contributed by atoms with Gasteiger partial charge in [0.15, 0.2) is 5.11 Å². The number of piperazine rings is 1. The van der Waals surface area contributed by atoms with Gasteiger partial charge in [0, 0.05) is 23.2 Å². The Morgan fingerprint density at radius 1 is 1.41 bits per heavy atom. The molecule has 2 heterocycles. The molecular weight excluding hydrogens is 474 g/mol. The summed E-state index contributed by atoms with van der Waals surface area (Å²) in [6.07, 6.45) is 1.49. The molecule has 1 aromatic heterocycles. The molecule has 1 aliphatic heterocycles. The zero-order valence-electron chi connectivity index (χ0n) is 17.7. The summed E-state index contributed by atoms with van der Waals surface area (Å²) in [7, 11) is 1.56. The Morgan fingerprint density at radius 3 is 2.91 bits per heavy atom. The second-order valence-corrected chi connectivity index (χ2v) is 8.96. The second kappa shape index (κ2) is 10.9. The van der Waals surface area contributed by atoms with Crippen LogP contribution in [-0.4, -0.2) is 60.6 Å². The zero-order valence-corrected chi connectivity index (χ0v) is 20.1. The number of ether oxygens (including phenoxy) is 2. The van der Waals surface area contributed by atoms with E-state index in [2.05, 4.69) is 10.6 Å². The Bertz CT molecular complexity index is 1040. The van der Waals surface area contributed by atoms with Crippen LogP contribution in [0.3, 0.4) is 0 Å². The first-order valence-corrected chi connectivity index (χ1v) is 11.8. The molecule has 11 heteroatoms. The van der Waals surface area contributed by atoms with Gasteiger partial charge in [0.05, 0.1) is 25.2 Å². The highest BCUT2D eigenvalue weighted by atomic mass is 35.5. The van der Waals surface area contributed by atoms with E-state index < -0.39 is 17.9 Å². The minimum absolute atomic E-state index is 0.0577. The summed E-state index contributed by atoms with van der Waals surface area (Å²) < 4.78 is 11.2. The summed E-state index contributed by atoms with van der Waals surface area (Å²) in [6, 6.07) is 4.50. The van der Waals surface area contributed by atoms with Crippen LogP contribution in [-0.2, 0) is 14.3 Å². The largest absolute Gasteiger partial charge is 0.497 e. The van der Waals surface area contributed by atoms with E-state index in [1.807, 2.05) is 6.92 Å². The van der Waals surface area contributed by atoms with Gasteiger partial charge >= 0.3 is 5.97 Å². The molecule has 0 saturated carbocycles. The number of hydrogen-bond acceptors (Lipinski definition) is 7. The van der Waals surface area contributed by atoms with Crippen LogP contribution in [0, 0.1) is 0 Å². The summed E-state index contributed by atoms with van der Waals surface area (Å²) in [5, 5.41) is 6.49. The summed E-state index contributed by atoms with van der Waals surface area (Å²) in [5.74, 6) is -0.644. The molecule has 3 rings (SSSR count). The smallest absolute Gasteiger partial charge is 0.308 e. The lowest BCUT2D eigenvalue weighted by molar-refractivity contribution is -0.147. The average molecular weight is 498 g/mol. The number of thiophene rings is 1. The van der Waals surface area contributed by atoms with Crippen molar-refractivity contribution < 1.29 is 23.9 Å². The van der Waals surface area contributed by atoms with Crippen LogP contribution in [0.1, 0.15) is 35.9 Å². The molecule has 32 heavy (non-hydrogen) atoms. The first-order valence-electron chi connectivity index (χ1n) is 10.2. The van der Waals surface area contributed by atoms with Gasteiger partial charge in [-0.2, -0.15) is 0 Å². The van der Waals surface area contributed by atoms with Gasteiger partial charge < -0.3 is 19.7 Å². The molecule has 0 spiro atoms. The number of carbonyl (C=O) groups excluding carboxylic acids is 3. The van der Waals surface area contributed by atoms with Gasteiger partial charge in [0.2, 0.25) is 5.91 Å². The lowest BCUT2D eigenvalue weighted by atomic mass is 10.1. The van der Waals surface area contributed by atoms with Gasteiger partial charge in [0.25, 0.3) is 5.91 Å². The quantitative estimate of drug-likeness (QED) is 0.344. The molecular formula is C21H24ClN3O5S2. The molecule has 1 unspecified atom stereocenters. The van der Waals surface area contributed by atoms with Gasteiger partial charge in [-0.3, -0.25) is 19.7 Å². The molecule has 1 atom stereocenters. The van der Waals surface area contributed by atoms with Crippen molar-refractivity contribution in [2.24, 2.45) is 0 Å². The number of unbranched alkanes of at least 4 members (excludes halogenated alkanes) is 1. The number of halogens is 1. The Hall–Kier alpha value is -2.43. The number of nitrogens with zero attached hydrogens (tertiary/aromatic N) is 1. The molecule has 1 fully saturated rings. The molecule has 0 radical (unpaired) electrons. The van der Waals surface area contributed by atoms with E-state index in [1.54, 1.807) is 25.3 Å². The van der Waals surface area contributed by atoms with E-state index in [0.29, 0.717) is 35.3 Å². The Morgan fingerprint density at radius 2 is 2.19 bits per heavy atom. The average Bonchev–Trinajstić information content (AvgIpc) is 3.11. The number of rotatable bonds is 7. The monoisotopic (exact) mass is 497 g/mol. The number of methoxy groups -OCH3 is 1. The number of carbonyl (C=O) groups is 3. The number of benzene rings is 1. The van der Waals surface area contributed by atoms with Crippen molar-refractivity contribution in [1.29, 1.82) is 0 Å². The van der Waals surface area contributed by atoms with E-state index in [1.165, 1.54) is 16.2 Å². The van der Waals surface area contributed by atoms with Crippen LogP contribution in [0.15, 0.2) is 18.2 Å². The van der Waals surface area contributed by atoms with E-state index in [4.69, 9.17) is 33.3 Å². The lowest BCUT2D eigenvalue weighted by Gasteiger charge is -2.36. The standard InChI is InChI=1S/C21H24ClN3O5S2/c1-3-4-9-30-16(26)11-14-19(27)23-7-8-25(14)21(31)24-20(28)18-17(22)13-6-5-12(29-2)10-15(13)32-18/h5-6,10,14H,3-4,7-9,11H2,1-2H3,(H,23,27)(H,24,28,31). The van der Waals surface area contributed by atoms with E-state index in [-0.39, 0.29) is 17.4 Å². The predicted molar refractivity (Wildman–Crippen MR) is 127 cm³/mol. The van der Waals surface area contributed by atoms with Crippen LogP contribution in [0.5, 0.6) is 5.75 Å². The number of amides is 2. The third kappa shape index (κ3) is 5.48. The van der Waals surface area contributed by atoms with Crippen LogP contribution in [0.4, 0.5) is 0 Å². The van der Waals surface area contributed by atoms with Crippen LogP contribution in [0.2, 0.25) is 5.02 Å². The summed E-state index contributed by atoms with van der Waals surface area (Å²) >= 11 is 13.0. The summed E-state index contributed by atoms with van der Waals surface area (Å²) in [6.45, 7) is 3.00. The SMILES string of the molecule is CCCCOC(=O)CC1C(=O)NCCN1C(=S)NC(=O)c1sc2cc(OC)ccc2c1Cl. The summed E-state index contributed by atoms with van der Waals surface area (Å²) in [5.41, 5.74) is 0. The van der Waals surface area contributed by atoms with E-state index in [0.717, 1.165) is 22.9 Å². The van der Waals surface area contributed by atoms with Crippen molar-refractivity contribution >= 4 is 68.1 Å². The third-order valence-corrected chi connectivity index (χ3v) is 6.97. The fourth-order valence-electron chi connectivity index (χ4n) is 3.25. The normalized spacial score (nSPS) is 15.9. The number of thiocarbonyl (C=S) groups is 1. The second-order valence-electron chi connectivity index (χ2n) is 7.14. The minimum atomic E-state index is -0.854. The van der Waals surface area contributed by atoms with Crippen molar-refractivity contribution in [3.8, 4) is 5.75 Å². The number of hydrogen-bond donors (Lipinski definition) is 2. The first-order chi connectivity index (χ1) is 15.3. The molecule has 2 N–H and O–H groups in total. The highest BCUT2D eigenvalue weighted by Crippen LogP contribution is 2.37. The fourth-order valence-corrected chi connectivity index (χ4v) is 5.00. The van der Waals surface area contributed by atoms with Gasteiger partial charge in [0.1, 0.15) is 16.7 Å². The molecule has 0 bridgehead atoms. The van der Waals surface area contributed by atoms with Gasteiger partial charge in [-0.15, -0.1) is 11.3 Å². The number of esters is 1. The Kier molecular flexibility index (Phi) is 8.27. The molecule has 0 aliphatic carbocycles. The molecule has 8 nitrogen and oxygen atoms in total. The maximum Gasteiger partial charge on any atom is 0.308 e. The van der Waals surface area contributed by atoms with Crippen molar-refractivity contribution in [1.82, 2.24) is 15.5 Å². The third-order valence-electron chi connectivity index (χ3n) is 4.98. The van der Waals surface area contributed by atoms with E-state index >= 15 is 0 Å². The molecule has 1 saturated heterocycles. The van der Waals surface area contributed by atoms with Crippen LogP contribution < -0.4 is 15.4 Å². The topological polar surface area (TPSA) is 97.0 Å². The Balaban J connectivity index is 1.72. The first kappa shape index (κ1) is 24.2. The zero-order chi connectivity index (χ0) is 23.3. The van der Waals surface area contributed by atoms with Crippen molar-refractivity contribution in [3.05, 3.63) is 28.1 Å². The molecule has 1 aromatic carbocycles. The minimum Gasteiger partial charge on any atom is -0.497 e. The van der Waals surface area contributed by atoms with Crippen molar-refractivity contribution in [2.75, 3.05) is 26.8 Å². The fraction of sp³-hybridized carbons (Fsp3) is 0.429. The van der Waals surface area contributed by atoms with E-state index in [9.17, 15) is 14.4 Å². The van der Waals surface area contributed by atoms with Crippen LogP contribution in [0.25, 0.3) is 10.1 Å². The highest BCUT2D eigenvalue weighted by Gasteiger charge is 2.34. The number of nitrogens with one attached hydrogen (secondary N) is 2. The predicted octanol–water partition coefficient (Wildman–Crippen LogP) is 3.11. The molecule has 2 aromatic rings. The Labute approximate surface area is 200 Å².